The number of carbonyl (C=O) groups is 1. The molecular weight excluding hydrogens is 537 g/mol. The molecule has 202 valence electrons. The van der Waals surface area contributed by atoms with Crippen molar-refractivity contribution in [2.45, 2.75) is 63.8 Å². The van der Waals surface area contributed by atoms with Crippen molar-refractivity contribution in [3.05, 3.63) is 81.4 Å². The first kappa shape index (κ1) is 28.1. The smallest absolute Gasteiger partial charge is 0.329 e. The van der Waals surface area contributed by atoms with Crippen molar-refractivity contribution in [2.24, 2.45) is 5.92 Å². The van der Waals surface area contributed by atoms with E-state index in [4.69, 9.17) is 0 Å². The Morgan fingerprint density at radius 2 is 1.84 bits per heavy atom. The Labute approximate surface area is 233 Å². The summed E-state index contributed by atoms with van der Waals surface area (Å²) in [5.41, 5.74) is 2.42. The van der Waals surface area contributed by atoms with Crippen LogP contribution >= 0.6 is 22.7 Å². The average Bonchev–Trinajstić information content (AvgIpc) is 3.58. The fourth-order valence-corrected chi connectivity index (χ4v) is 7.70. The van der Waals surface area contributed by atoms with E-state index in [-0.39, 0.29) is 16.2 Å². The Kier molecular flexibility index (Phi) is 8.44. The Hall–Kier alpha value is -2.95. The summed E-state index contributed by atoms with van der Waals surface area (Å²) in [6.45, 7) is 11.5. The van der Waals surface area contributed by atoms with Gasteiger partial charge in [0.15, 0.2) is 0 Å². The van der Waals surface area contributed by atoms with Crippen LogP contribution < -0.4 is 10.0 Å². The van der Waals surface area contributed by atoms with Crippen LogP contribution in [0.25, 0.3) is 11.1 Å². The van der Waals surface area contributed by atoms with Crippen molar-refractivity contribution >= 4 is 38.7 Å². The monoisotopic (exact) mass is 570 g/mol. The number of benzene rings is 1. The van der Waals surface area contributed by atoms with Crippen LogP contribution in [-0.2, 0) is 34.9 Å². The molecule has 4 aromatic rings. The van der Waals surface area contributed by atoms with Gasteiger partial charge < -0.3 is 9.88 Å². The number of nitrogens with one attached hydrogen (secondary N) is 2. The molecule has 0 spiro atoms. The average molecular weight is 571 g/mol. The molecule has 0 bridgehead atoms. The van der Waals surface area contributed by atoms with Crippen molar-refractivity contribution in [3.8, 4) is 11.1 Å². The van der Waals surface area contributed by atoms with Gasteiger partial charge in [-0.05, 0) is 41.0 Å². The highest BCUT2D eigenvalue weighted by Gasteiger charge is 2.26. The maximum atomic E-state index is 13.3. The zero-order chi connectivity index (χ0) is 27.5. The van der Waals surface area contributed by atoms with E-state index >= 15 is 0 Å². The minimum absolute atomic E-state index is 0.0702. The van der Waals surface area contributed by atoms with Crippen LogP contribution in [0.2, 0.25) is 0 Å². The Morgan fingerprint density at radius 1 is 1.11 bits per heavy atom. The largest absolute Gasteiger partial charge is 0.332 e. The maximum absolute atomic E-state index is 13.3. The summed E-state index contributed by atoms with van der Waals surface area (Å²) in [7, 11) is -4.07. The van der Waals surface area contributed by atoms with E-state index in [0.717, 1.165) is 33.1 Å². The van der Waals surface area contributed by atoms with E-state index in [1.54, 1.807) is 0 Å². The third-order valence-electron chi connectivity index (χ3n) is 5.84. The number of urea groups is 1. The summed E-state index contributed by atoms with van der Waals surface area (Å²) in [6, 6.07) is 12.9. The van der Waals surface area contributed by atoms with Gasteiger partial charge in [-0.25, -0.2) is 22.9 Å². The molecule has 2 amide bonds. The second kappa shape index (κ2) is 11.4. The first-order chi connectivity index (χ1) is 17.9. The molecule has 3 heterocycles. The fraction of sp³-hybridized carbons (Fsp3) is 0.357. The van der Waals surface area contributed by atoms with Gasteiger partial charge in [-0.2, -0.15) is 0 Å². The summed E-state index contributed by atoms with van der Waals surface area (Å²) < 4.78 is 31.2. The quantitative estimate of drug-likeness (QED) is 0.243. The van der Waals surface area contributed by atoms with Crippen molar-refractivity contribution in [2.75, 3.05) is 0 Å². The third kappa shape index (κ3) is 6.92. The third-order valence-corrected chi connectivity index (χ3v) is 9.74. The van der Waals surface area contributed by atoms with Gasteiger partial charge in [0, 0.05) is 39.7 Å². The van der Waals surface area contributed by atoms with Gasteiger partial charge in [0.05, 0.1) is 6.54 Å². The molecular formula is C28H34N4O3S3. The molecule has 2 N–H and O–H groups in total. The molecule has 0 radical (unpaired) electrons. The zero-order valence-corrected chi connectivity index (χ0v) is 24.8. The lowest BCUT2D eigenvalue weighted by Crippen LogP contribution is -2.38. The van der Waals surface area contributed by atoms with Crippen molar-refractivity contribution in [1.82, 2.24) is 19.6 Å². The molecule has 0 aliphatic heterocycles. The van der Waals surface area contributed by atoms with Crippen LogP contribution in [0.5, 0.6) is 0 Å². The zero-order valence-electron chi connectivity index (χ0n) is 22.3. The summed E-state index contributed by atoms with van der Waals surface area (Å²) in [4.78, 5) is 18.9. The summed E-state index contributed by atoms with van der Waals surface area (Å²) >= 11 is 2.72. The van der Waals surface area contributed by atoms with Gasteiger partial charge in [0.2, 0.25) is 0 Å². The highest BCUT2D eigenvalue weighted by atomic mass is 32.2. The molecule has 1 aromatic carbocycles. The SMILES string of the molecule is CC(C)Cc1cc(-c2ccc(Cn3ccnc3C(C)(C)C)cc2)c(S(=O)(=O)NC(=O)NCc2cccs2)s1. The van der Waals surface area contributed by atoms with Crippen LogP contribution in [0.1, 0.15) is 55.8 Å². The first-order valence-corrected chi connectivity index (χ1v) is 15.7. The second-order valence-corrected chi connectivity index (χ2v) is 14.8. The molecule has 10 heteroatoms. The minimum Gasteiger partial charge on any atom is -0.332 e. The van der Waals surface area contributed by atoms with Gasteiger partial charge in [0.1, 0.15) is 10.0 Å². The summed E-state index contributed by atoms with van der Waals surface area (Å²) in [6.07, 6.45) is 4.55. The number of hydrogen-bond donors (Lipinski definition) is 2. The number of aromatic nitrogens is 2. The normalized spacial score (nSPS) is 12.2. The molecule has 0 aliphatic carbocycles. The second-order valence-electron chi connectivity index (χ2n) is 10.7. The van der Waals surface area contributed by atoms with E-state index < -0.39 is 16.1 Å². The number of nitrogens with zero attached hydrogens (tertiary/aromatic N) is 2. The number of rotatable bonds is 9. The van der Waals surface area contributed by atoms with Gasteiger partial charge in [-0.3, -0.25) is 0 Å². The van der Waals surface area contributed by atoms with E-state index in [1.807, 2.05) is 60.2 Å². The van der Waals surface area contributed by atoms with Crippen LogP contribution in [0.15, 0.2) is 64.4 Å². The van der Waals surface area contributed by atoms with Gasteiger partial charge in [-0.1, -0.05) is 65.0 Å². The topological polar surface area (TPSA) is 93.1 Å². The van der Waals surface area contributed by atoms with E-state index in [1.165, 1.54) is 22.7 Å². The standard InChI is InChI=1S/C28H34N4O3S3/c1-19(2)15-23-16-24(25(37-23)38(34,35)31-27(33)30-17-22-7-6-14-36-22)21-10-8-20(9-11-21)18-32-13-12-29-26(32)28(3,4)5/h6-14,16,19H,15,17-18H2,1-5H3,(H2,30,31,33). The number of imidazole rings is 1. The number of amides is 2. The van der Waals surface area contributed by atoms with Crippen molar-refractivity contribution in [1.29, 1.82) is 0 Å². The number of thiophene rings is 2. The number of carbonyl (C=O) groups excluding carboxylic acids is 1. The van der Waals surface area contributed by atoms with Crippen molar-refractivity contribution in [3.63, 3.8) is 0 Å². The fourth-order valence-electron chi connectivity index (χ4n) is 4.18. The lowest BCUT2D eigenvalue weighted by molar-refractivity contribution is 0.245. The van der Waals surface area contributed by atoms with Gasteiger partial charge in [0.25, 0.3) is 10.0 Å². The number of sulfonamides is 1. The van der Waals surface area contributed by atoms with Crippen LogP contribution in [0.4, 0.5) is 4.79 Å². The van der Waals surface area contributed by atoms with Crippen LogP contribution in [0, 0.1) is 5.92 Å². The van der Waals surface area contributed by atoms with Crippen LogP contribution in [-0.4, -0.2) is 24.0 Å². The maximum Gasteiger partial charge on any atom is 0.329 e. The predicted octanol–water partition coefficient (Wildman–Crippen LogP) is 6.41. The molecule has 3 aromatic heterocycles. The van der Waals surface area contributed by atoms with E-state index in [9.17, 15) is 13.2 Å². The first-order valence-electron chi connectivity index (χ1n) is 12.5. The predicted molar refractivity (Wildman–Crippen MR) is 155 cm³/mol. The molecule has 0 unspecified atom stereocenters. The number of hydrogen-bond acceptors (Lipinski definition) is 6. The van der Waals surface area contributed by atoms with Crippen molar-refractivity contribution < 1.29 is 13.2 Å². The Balaban J connectivity index is 1.57. The Bertz CT molecular complexity index is 1480. The Morgan fingerprint density at radius 3 is 2.47 bits per heavy atom. The lowest BCUT2D eigenvalue weighted by Gasteiger charge is -2.20. The molecule has 0 saturated carbocycles. The molecule has 7 nitrogen and oxygen atoms in total. The highest BCUT2D eigenvalue weighted by Crippen LogP contribution is 2.36. The molecule has 38 heavy (non-hydrogen) atoms. The molecule has 0 fully saturated rings. The van der Waals surface area contributed by atoms with Gasteiger partial charge >= 0.3 is 6.03 Å². The van der Waals surface area contributed by atoms with Crippen LogP contribution in [0.3, 0.4) is 0 Å². The minimum atomic E-state index is -4.07. The van der Waals surface area contributed by atoms with E-state index in [2.05, 4.69) is 54.2 Å². The molecule has 0 atom stereocenters. The van der Waals surface area contributed by atoms with Gasteiger partial charge in [-0.15, -0.1) is 22.7 Å². The lowest BCUT2D eigenvalue weighted by atomic mass is 9.95. The highest BCUT2D eigenvalue weighted by molar-refractivity contribution is 7.92. The summed E-state index contributed by atoms with van der Waals surface area (Å²) in [5, 5.41) is 4.54. The molecule has 0 aliphatic rings. The molecule has 0 saturated heterocycles. The summed E-state index contributed by atoms with van der Waals surface area (Å²) in [5.74, 6) is 1.38. The molecule has 4 rings (SSSR count). The van der Waals surface area contributed by atoms with E-state index in [0.29, 0.717) is 18.0 Å².